The van der Waals surface area contributed by atoms with Gasteiger partial charge >= 0.3 is 0 Å². The van der Waals surface area contributed by atoms with E-state index in [-0.39, 0.29) is 11.8 Å². The minimum Gasteiger partial charge on any atom is -0.381 e. The number of amides is 1. The van der Waals surface area contributed by atoms with Crippen molar-refractivity contribution in [3.05, 3.63) is 48.5 Å². The lowest BCUT2D eigenvalue weighted by Crippen LogP contribution is -2.44. The summed E-state index contributed by atoms with van der Waals surface area (Å²) < 4.78 is 5.49. The maximum Gasteiger partial charge on any atom is 0.227 e. The van der Waals surface area contributed by atoms with Crippen LogP contribution in [0.4, 0.5) is 11.4 Å². The Balaban J connectivity index is 0.000000391. The van der Waals surface area contributed by atoms with Crippen LogP contribution in [0.5, 0.6) is 0 Å². The summed E-state index contributed by atoms with van der Waals surface area (Å²) in [6.07, 6.45) is 9.26. The zero-order valence-electron chi connectivity index (χ0n) is 18.7. The van der Waals surface area contributed by atoms with Crippen LogP contribution < -0.4 is 15.5 Å². The molecular formula is C24H35N5O2. The molecule has 2 aliphatic heterocycles. The lowest BCUT2D eigenvalue weighted by molar-refractivity contribution is -0.120. The molecule has 2 aliphatic rings. The number of piperazine rings is 1. The summed E-state index contributed by atoms with van der Waals surface area (Å²) in [5.41, 5.74) is 3.42. The fourth-order valence-corrected chi connectivity index (χ4v) is 3.83. The molecule has 168 valence electrons. The lowest BCUT2D eigenvalue weighted by Gasteiger charge is -2.32. The Hall–Kier alpha value is -2.51. The molecule has 2 N–H and O–H groups in total. The van der Waals surface area contributed by atoms with Gasteiger partial charge in [-0.25, -0.2) is 0 Å². The van der Waals surface area contributed by atoms with E-state index < -0.39 is 0 Å². The number of carbonyl (C=O) groups excluding carboxylic acids is 1. The van der Waals surface area contributed by atoms with Gasteiger partial charge in [-0.15, -0.1) is 0 Å². The Morgan fingerprint density at radius 3 is 2.45 bits per heavy atom. The van der Waals surface area contributed by atoms with Gasteiger partial charge < -0.3 is 20.3 Å². The van der Waals surface area contributed by atoms with E-state index in [2.05, 4.69) is 57.5 Å². The van der Waals surface area contributed by atoms with E-state index in [0.29, 0.717) is 12.5 Å². The molecule has 2 fully saturated rings. The smallest absolute Gasteiger partial charge is 0.227 e. The van der Waals surface area contributed by atoms with E-state index in [0.717, 1.165) is 63.4 Å². The summed E-state index contributed by atoms with van der Waals surface area (Å²) in [6.45, 7) is 9.80. The van der Waals surface area contributed by atoms with E-state index in [4.69, 9.17) is 4.74 Å². The number of carbonyl (C=O) groups is 1. The maximum absolute atomic E-state index is 12.8. The van der Waals surface area contributed by atoms with Gasteiger partial charge in [-0.2, -0.15) is 0 Å². The van der Waals surface area contributed by atoms with Crippen molar-refractivity contribution >= 4 is 17.3 Å². The molecule has 7 nitrogen and oxygen atoms in total. The number of benzene rings is 1. The quantitative estimate of drug-likeness (QED) is 0.781. The molecule has 2 saturated heterocycles. The van der Waals surface area contributed by atoms with Gasteiger partial charge in [-0.1, -0.05) is 19.9 Å². The van der Waals surface area contributed by atoms with Crippen molar-refractivity contribution in [3.8, 4) is 0 Å². The van der Waals surface area contributed by atoms with Crippen molar-refractivity contribution in [3.63, 3.8) is 0 Å². The van der Waals surface area contributed by atoms with Crippen molar-refractivity contribution in [2.75, 3.05) is 49.6 Å². The van der Waals surface area contributed by atoms with Crippen LogP contribution in [0.2, 0.25) is 0 Å². The molecule has 1 amide bonds. The first kappa shape index (κ1) is 23.2. The highest BCUT2D eigenvalue weighted by atomic mass is 16.5. The fraction of sp³-hybridized carbons (Fsp3) is 0.542. The largest absolute Gasteiger partial charge is 0.381 e. The minimum absolute atomic E-state index is 0.0585. The number of hydrogen-bond acceptors (Lipinski definition) is 6. The van der Waals surface area contributed by atoms with Gasteiger partial charge in [0, 0.05) is 70.1 Å². The monoisotopic (exact) mass is 425 g/mol. The van der Waals surface area contributed by atoms with Gasteiger partial charge in [0.1, 0.15) is 0 Å². The second kappa shape index (κ2) is 12.4. The van der Waals surface area contributed by atoms with Gasteiger partial charge in [0.05, 0.1) is 11.4 Å². The number of nitrogens with one attached hydrogen (secondary N) is 2. The molecule has 1 unspecified atom stereocenters. The van der Waals surface area contributed by atoms with E-state index in [1.807, 2.05) is 0 Å². The molecule has 1 aromatic carbocycles. The lowest BCUT2D eigenvalue weighted by atomic mass is 9.98. The predicted molar refractivity (Wildman–Crippen MR) is 124 cm³/mol. The summed E-state index contributed by atoms with van der Waals surface area (Å²) in [5, 5.41) is 6.61. The molecule has 7 heteroatoms. The van der Waals surface area contributed by atoms with Crippen LogP contribution in [-0.2, 0) is 9.53 Å². The zero-order chi connectivity index (χ0) is 21.9. The second-order valence-corrected chi connectivity index (χ2v) is 8.29. The standard InChI is InChI=1S/C20H31N3O2.C4H4N2/c1-15(2)17-5-6-18(19(14-17)23-10-8-21-9-11-23)22-20(24)16-4-3-12-25-13-7-16;1-2-6-4-3-5-1/h5-6,14-16,21H,3-4,7-13H2,1-2H3,(H,22,24);1-4H. The van der Waals surface area contributed by atoms with Crippen LogP contribution in [0.15, 0.2) is 43.0 Å². The van der Waals surface area contributed by atoms with Gasteiger partial charge in [-0.05, 0) is 42.9 Å². The fourth-order valence-electron chi connectivity index (χ4n) is 3.83. The minimum atomic E-state index is 0.0585. The average molecular weight is 426 g/mol. The predicted octanol–water partition coefficient (Wildman–Crippen LogP) is 3.45. The molecule has 0 radical (unpaired) electrons. The highest BCUT2D eigenvalue weighted by molar-refractivity contribution is 5.96. The van der Waals surface area contributed by atoms with Crippen molar-refractivity contribution in [1.29, 1.82) is 0 Å². The van der Waals surface area contributed by atoms with Gasteiger partial charge in [0.15, 0.2) is 0 Å². The van der Waals surface area contributed by atoms with Gasteiger partial charge in [-0.3, -0.25) is 14.8 Å². The summed E-state index contributed by atoms with van der Waals surface area (Å²) >= 11 is 0. The zero-order valence-corrected chi connectivity index (χ0v) is 18.7. The first-order chi connectivity index (χ1) is 15.1. The van der Waals surface area contributed by atoms with Crippen molar-refractivity contribution in [1.82, 2.24) is 15.3 Å². The van der Waals surface area contributed by atoms with Crippen LogP contribution in [0.3, 0.4) is 0 Å². The highest BCUT2D eigenvalue weighted by Gasteiger charge is 2.23. The van der Waals surface area contributed by atoms with E-state index in [9.17, 15) is 4.79 Å². The average Bonchev–Trinajstić information content (AvgIpc) is 3.11. The molecule has 1 aromatic heterocycles. The van der Waals surface area contributed by atoms with Crippen LogP contribution in [-0.4, -0.2) is 55.3 Å². The number of anilines is 2. The molecule has 1 atom stereocenters. The normalized spacial score (nSPS) is 19.2. The molecule has 0 saturated carbocycles. The van der Waals surface area contributed by atoms with Gasteiger partial charge in [0.2, 0.25) is 5.91 Å². The van der Waals surface area contributed by atoms with Crippen LogP contribution in [0.25, 0.3) is 0 Å². The Labute approximate surface area is 185 Å². The molecular weight excluding hydrogens is 390 g/mol. The Kier molecular flexibility index (Phi) is 9.24. The van der Waals surface area contributed by atoms with Crippen LogP contribution >= 0.6 is 0 Å². The maximum atomic E-state index is 12.8. The van der Waals surface area contributed by atoms with Crippen LogP contribution in [0, 0.1) is 5.92 Å². The third-order valence-electron chi connectivity index (χ3n) is 5.70. The molecule has 4 rings (SSSR count). The summed E-state index contributed by atoms with van der Waals surface area (Å²) in [4.78, 5) is 22.6. The van der Waals surface area contributed by atoms with E-state index in [1.54, 1.807) is 24.8 Å². The third kappa shape index (κ3) is 7.29. The van der Waals surface area contributed by atoms with Crippen molar-refractivity contribution in [2.24, 2.45) is 5.92 Å². The Morgan fingerprint density at radius 2 is 1.81 bits per heavy atom. The molecule has 3 heterocycles. The topological polar surface area (TPSA) is 79.4 Å². The molecule has 31 heavy (non-hydrogen) atoms. The van der Waals surface area contributed by atoms with E-state index in [1.165, 1.54) is 5.56 Å². The first-order valence-corrected chi connectivity index (χ1v) is 11.3. The number of ether oxygens (including phenoxy) is 1. The number of hydrogen-bond donors (Lipinski definition) is 2. The summed E-state index contributed by atoms with van der Waals surface area (Å²) in [6, 6.07) is 6.47. The van der Waals surface area contributed by atoms with Crippen molar-refractivity contribution < 1.29 is 9.53 Å². The molecule has 0 bridgehead atoms. The summed E-state index contributed by atoms with van der Waals surface area (Å²) in [5.74, 6) is 0.674. The second-order valence-electron chi connectivity index (χ2n) is 8.29. The summed E-state index contributed by atoms with van der Waals surface area (Å²) in [7, 11) is 0. The first-order valence-electron chi connectivity index (χ1n) is 11.3. The van der Waals surface area contributed by atoms with Crippen LogP contribution in [0.1, 0.15) is 44.6 Å². The third-order valence-corrected chi connectivity index (χ3v) is 5.70. The van der Waals surface area contributed by atoms with Crippen molar-refractivity contribution in [2.45, 2.75) is 39.0 Å². The highest BCUT2D eigenvalue weighted by Crippen LogP contribution is 2.31. The number of nitrogens with zero attached hydrogens (tertiary/aromatic N) is 3. The Bertz CT molecular complexity index is 759. The molecule has 2 aromatic rings. The molecule has 0 aliphatic carbocycles. The SMILES string of the molecule is CC(C)c1ccc(NC(=O)C2CCCOCC2)c(N2CCNCC2)c1.c1cnccn1. The van der Waals surface area contributed by atoms with E-state index >= 15 is 0 Å². The Morgan fingerprint density at radius 1 is 1.10 bits per heavy atom. The van der Waals surface area contributed by atoms with Gasteiger partial charge in [0.25, 0.3) is 0 Å². The molecule has 0 spiro atoms. The number of aromatic nitrogens is 2. The number of rotatable bonds is 4.